The Kier molecular flexibility index (Phi) is 4.54. The van der Waals surface area contributed by atoms with Gasteiger partial charge in [0.25, 0.3) is 11.5 Å². The number of hydrogen-bond acceptors (Lipinski definition) is 4. The SMILES string of the molecule is Cn1c(=O)c(N2CCN(C(=O)c3cc(F)ccc3F)CC2)nc2ccccc21. The van der Waals surface area contributed by atoms with Crippen molar-refractivity contribution in [2.75, 3.05) is 31.1 Å². The van der Waals surface area contributed by atoms with Crippen LogP contribution in [-0.2, 0) is 7.05 Å². The zero-order valence-electron chi connectivity index (χ0n) is 15.2. The molecule has 0 radical (unpaired) electrons. The molecular weight excluding hydrogens is 366 g/mol. The first kappa shape index (κ1) is 18.1. The number of aromatic nitrogens is 2. The van der Waals surface area contributed by atoms with Gasteiger partial charge in [0.15, 0.2) is 5.82 Å². The smallest absolute Gasteiger partial charge is 0.293 e. The fraction of sp³-hybridized carbons (Fsp3) is 0.250. The van der Waals surface area contributed by atoms with Crippen LogP contribution < -0.4 is 10.5 Å². The second-order valence-electron chi connectivity index (χ2n) is 6.69. The Morgan fingerprint density at radius 3 is 2.50 bits per heavy atom. The highest BCUT2D eigenvalue weighted by Gasteiger charge is 2.26. The van der Waals surface area contributed by atoms with Crippen LogP contribution in [0.4, 0.5) is 14.6 Å². The highest BCUT2D eigenvalue weighted by atomic mass is 19.1. The summed E-state index contributed by atoms with van der Waals surface area (Å²) in [5, 5.41) is 0. The van der Waals surface area contributed by atoms with Crippen molar-refractivity contribution in [2.45, 2.75) is 0 Å². The zero-order chi connectivity index (χ0) is 19.8. The molecule has 1 aromatic heterocycles. The Bertz CT molecular complexity index is 1120. The van der Waals surface area contributed by atoms with Gasteiger partial charge in [0.2, 0.25) is 0 Å². The lowest BCUT2D eigenvalue weighted by Crippen LogP contribution is -2.50. The van der Waals surface area contributed by atoms with E-state index in [4.69, 9.17) is 0 Å². The van der Waals surface area contributed by atoms with E-state index >= 15 is 0 Å². The number of aryl methyl sites for hydroxylation is 1. The molecule has 6 nitrogen and oxygen atoms in total. The number of benzene rings is 2. The van der Waals surface area contributed by atoms with Gasteiger partial charge in [0, 0.05) is 33.2 Å². The fourth-order valence-corrected chi connectivity index (χ4v) is 3.42. The molecule has 0 aliphatic carbocycles. The van der Waals surface area contributed by atoms with Crippen LogP contribution in [0.5, 0.6) is 0 Å². The molecule has 144 valence electrons. The van der Waals surface area contributed by atoms with E-state index in [1.54, 1.807) is 11.6 Å². The van der Waals surface area contributed by atoms with Crippen LogP contribution >= 0.6 is 0 Å². The summed E-state index contributed by atoms with van der Waals surface area (Å²) in [5.41, 5.74) is 0.953. The van der Waals surface area contributed by atoms with E-state index in [1.807, 2.05) is 29.2 Å². The molecule has 3 aromatic rings. The van der Waals surface area contributed by atoms with Gasteiger partial charge >= 0.3 is 0 Å². The largest absolute Gasteiger partial charge is 0.348 e. The molecule has 0 spiro atoms. The van der Waals surface area contributed by atoms with Crippen molar-refractivity contribution in [3.8, 4) is 0 Å². The Morgan fingerprint density at radius 1 is 1.04 bits per heavy atom. The molecule has 0 N–H and O–H groups in total. The van der Waals surface area contributed by atoms with E-state index in [0.29, 0.717) is 24.4 Å². The maximum absolute atomic E-state index is 13.9. The maximum Gasteiger partial charge on any atom is 0.293 e. The molecule has 0 bridgehead atoms. The molecule has 2 heterocycles. The summed E-state index contributed by atoms with van der Waals surface area (Å²) in [6, 6.07) is 10.2. The highest BCUT2D eigenvalue weighted by Crippen LogP contribution is 2.17. The van der Waals surface area contributed by atoms with E-state index in [0.717, 1.165) is 23.7 Å². The summed E-state index contributed by atoms with van der Waals surface area (Å²) in [6.45, 7) is 1.32. The van der Waals surface area contributed by atoms with Gasteiger partial charge in [-0.05, 0) is 30.3 Å². The van der Waals surface area contributed by atoms with E-state index < -0.39 is 17.5 Å². The molecule has 4 rings (SSSR count). The van der Waals surface area contributed by atoms with Crippen LogP contribution in [0.2, 0.25) is 0 Å². The van der Waals surface area contributed by atoms with Crippen LogP contribution in [0.3, 0.4) is 0 Å². The lowest BCUT2D eigenvalue weighted by molar-refractivity contribution is 0.0741. The first-order valence-corrected chi connectivity index (χ1v) is 8.91. The van der Waals surface area contributed by atoms with Crippen LogP contribution in [0, 0.1) is 11.6 Å². The monoisotopic (exact) mass is 384 g/mol. The summed E-state index contributed by atoms with van der Waals surface area (Å²) in [6.07, 6.45) is 0. The molecule has 8 heteroatoms. The second-order valence-corrected chi connectivity index (χ2v) is 6.69. The van der Waals surface area contributed by atoms with E-state index in [9.17, 15) is 18.4 Å². The minimum Gasteiger partial charge on any atom is -0.348 e. The maximum atomic E-state index is 13.9. The summed E-state index contributed by atoms with van der Waals surface area (Å²) < 4.78 is 28.8. The average molecular weight is 384 g/mol. The van der Waals surface area contributed by atoms with Gasteiger partial charge in [0.1, 0.15) is 11.6 Å². The van der Waals surface area contributed by atoms with Gasteiger partial charge < -0.3 is 14.4 Å². The molecule has 28 heavy (non-hydrogen) atoms. The van der Waals surface area contributed by atoms with Crippen molar-refractivity contribution < 1.29 is 13.6 Å². The number of fused-ring (bicyclic) bond motifs is 1. The standard InChI is InChI=1S/C20H18F2N4O2/c1-24-17-5-3-2-4-16(17)23-18(20(24)28)25-8-10-26(11-9-25)19(27)14-12-13(21)6-7-15(14)22/h2-7,12H,8-11H2,1H3. The number of amides is 1. The second kappa shape index (κ2) is 7.03. The third kappa shape index (κ3) is 3.11. The number of carbonyl (C=O) groups is 1. The van der Waals surface area contributed by atoms with Gasteiger partial charge in [-0.15, -0.1) is 0 Å². The summed E-state index contributed by atoms with van der Waals surface area (Å²) in [4.78, 5) is 33.0. The number of rotatable bonds is 2. The molecule has 1 saturated heterocycles. The van der Waals surface area contributed by atoms with Crippen LogP contribution in [0.25, 0.3) is 11.0 Å². The molecule has 1 aliphatic heterocycles. The number of halogens is 2. The highest BCUT2D eigenvalue weighted by molar-refractivity contribution is 5.94. The van der Waals surface area contributed by atoms with Crippen molar-refractivity contribution in [1.29, 1.82) is 0 Å². The molecule has 2 aromatic carbocycles. The van der Waals surface area contributed by atoms with Gasteiger partial charge in [-0.3, -0.25) is 9.59 Å². The summed E-state index contributed by atoms with van der Waals surface area (Å²) >= 11 is 0. The molecule has 1 amide bonds. The number of nitrogens with zero attached hydrogens (tertiary/aromatic N) is 4. The van der Waals surface area contributed by atoms with Gasteiger partial charge in [-0.1, -0.05) is 12.1 Å². The summed E-state index contributed by atoms with van der Waals surface area (Å²) in [7, 11) is 1.70. The van der Waals surface area contributed by atoms with Crippen molar-refractivity contribution in [3.05, 3.63) is 70.0 Å². The quantitative estimate of drug-likeness (QED) is 0.680. The van der Waals surface area contributed by atoms with E-state index in [1.165, 1.54) is 4.90 Å². The van der Waals surface area contributed by atoms with Gasteiger partial charge in [-0.25, -0.2) is 13.8 Å². The Balaban J connectivity index is 1.55. The van der Waals surface area contributed by atoms with Crippen molar-refractivity contribution in [2.24, 2.45) is 7.05 Å². The van der Waals surface area contributed by atoms with E-state index in [-0.39, 0.29) is 24.2 Å². The molecule has 1 aliphatic rings. The number of carbonyl (C=O) groups excluding carboxylic acids is 1. The fourth-order valence-electron chi connectivity index (χ4n) is 3.42. The molecule has 1 fully saturated rings. The van der Waals surface area contributed by atoms with Crippen LogP contribution in [0.15, 0.2) is 47.3 Å². The first-order valence-electron chi connectivity index (χ1n) is 8.91. The number of hydrogen-bond donors (Lipinski definition) is 0. The third-order valence-electron chi connectivity index (χ3n) is 4.99. The number of piperazine rings is 1. The van der Waals surface area contributed by atoms with E-state index in [2.05, 4.69) is 4.98 Å². The third-order valence-corrected chi connectivity index (χ3v) is 4.99. The molecular formula is C20H18F2N4O2. The zero-order valence-corrected chi connectivity index (χ0v) is 15.2. The predicted molar refractivity (Wildman–Crippen MR) is 101 cm³/mol. The summed E-state index contributed by atoms with van der Waals surface area (Å²) in [5.74, 6) is -1.65. The first-order chi connectivity index (χ1) is 13.5. The number of anilines is 1. The lowest BCUT2D eigenvalue weighted by Gasteiger charge is -2.35. The molecule has 0 atom stereocenters. The average Bonchev–Trinajstić information content (AvgIpc) is 2.72. The van der Waals surface area contributed by atoms with Crippen LogP contribution in [-0.4, -0.2) is 46.5 Å². The lowest BCUT2D eigenvalue weighted by atomic mass is 10.1. The normalized spacial score (nSPS) is 14.5. The Morgan fingerprint density at radius 2 is 1.75 bits per heavy atom. The molecule has 0 unspecified atom stereocenters. The predicted octanol–water partition coefficient (Wildman–Crippen LogP) is 2.17. The Hall–Kier alpha value is -3.29. The Labute approximate surface area is 159 Å². The van der Waals surface area contributed by atoms with Crippen molar-refractivity contribution >= 4 is 22.8 Å². The van der Waals surface area contributed by atoms with Gasteiger partial charge in [-0.2, -0.15) is 0 Å². The molecule has 0 saturated carbocycles. The van der Waals surface area contributed by atoms with Crippen molar-refractivity contribution in [1.82, 2.24) is 14.5 Å². The minimum atomic E-state index is -0.751. The van der Waals surface area contributed by atoms with Gasteiger partial charge in [0.05, 0.1) is 16.6 Å². The topological polar surface area (TPSA) is 58.4 Å². The van der Waals surface area contributed by atoms with Crippen LogP contribution in [0.1, 0.15) is 10.4 Å². The number of para-hydroxylation sites is 2. The minimum absolute atomic E-state index is 0.213. The van der Waals surface area contributed by atoms with Crippen molar-refractivity contribution in [3.63, 3.8) is 0 Å².